The maximum absolute atomic E-state index is 12.9. The van der Waals surface area contributed by atoms with Crippen molar-refractivity contribution in [2.75, 3.05) is 4.90 Å². The Kier molecular flexibility index (Phi) is 6.25. The van der Waals surface area contributed by atoms with Crippen LogP contribution in [0.1, 0.15) is 11.1 Å². The first-order valence-corrected chi connectivity index (χ1v) is 10.6. The van der Waals surface area contributed by atoms with Gasteiger partial charge in [-0.1, -0.05) is 29.8 Å². The number of imide groups is 1. The lowest BCUT2D eigenvalue weighted by Gasteiger charge is -2.12. The summed E-state index contributed by atoms with van der Waals surface area (Å²) in [6, 6.07) is 19.7. The number of nitrogens with zero attached hydrogens (tertiary/aromatic N) is 2. The first-order valence-electron chi connectivity index (χ1n) is 9.41. The number of amides is 2. The molecule has 0 bridgehead atoms. The summed E-state index contributed by atoms with van der Waals surface area (Å²) < 4.78 is 5.87. The Morgan fingerprint density at radius 1 is 1.00 bits per heavy atom. The molecule has 1 saturated heterocycles. The largest absolute Gasteiger partial charge is 0.488 e. The summed E-state index contributed by atoms with van der Waals surface area (Å²) in [4.78, 5) is 37.0. The number of benzene rings is 3. The van der Waals surface area contributed by atoms with Crippen molar-refractivity contribution in [3.8, 4) is 5.75 Å². The van der Waals surface area contributed by atoms with Crippen LogP contribution >= 0.6 is 23.4 Å². The lowest BCUT2D eigenvalue weighted by Crippen LogP contribution is -2.27. The summed E-state index contributed by atoms with van der Waals surface area (Å²) in [5.41, 5.74) is 1.85. The number of nitro groups is 1. The van der Waals surface area contributed by atoms with Crippen LogP contribution in [0.4, 0.5) is 16.2 Å². The van der Waals surface area contributed by atoms with Gasteiger partial charge in [0.2, 0.25) is 0 Å². The number of para-hydroxylation sites is 1. The van der Waals surface area contributed by atoms with E-state index in [-0.39, 0.29) is 17.2 Å². The van der Waals surface area contributed by atoms with E-state index in [4.69, 9.17) is 16.3 Å². The van der Waals surface area contributed by atoms with Crippen LogP contribution in [0.3, 0.4) is 0 Å². The maximum atomic E-state index is 12.9. The number of hydrogen-bond donors (Lipinski definition) is 0. The molecule has 9 heteroatoms. The van der Waals surface area contributed by atoms with Gasteiger partial charge in [0, 0.05) is 22.7 Å². The molecule has 0 aliphatic carbocycles. The molecule has 0 atom stereocenters. The number of halogens is 1. The second-order valence-electron chi connectivity index (χ2n) is 6.74. The Morgan fingerprint density at radius 3 is 2.38 bits per heavy atom. The Hall–Kier alpha value is -3.62. The van der Waals surface area contributed by atoms with Gasteiger partial charge in [0.15, 0.2) is 0 Å². The maximum Gasteiger partial charge on any atom is 0.298 e. The highest BCUT2D eigenvalue weighted by Crippen LogP contribution is 2.37. The molecule has 0 unspecified atom stereocenters. The second-order valence-corrected chi connectivity index (χ2v) is 8.17. The van der Waals surface area contributed by atoms with E-state index in [0.717, 1.165) is 22.2 Å². The van der Waals surface area contributed by atoms with E-state index < -0.39 is 16.1 Å². The number of rotatable bonds is 6. The third-order valence-electron chi connectivity index (χ3n) is 4.63. The van der Waals surface area contributed by atoms with E-state index >= 15 is 0 Å². The SMILES string of the molecule is O=C1S/C(=C\c2ccccc2OCc2ccc([N+](=O)[O-])cc2)C(=O)N1c1ccc(Cl)cc1. The molecule has 2 amide bonds. The Bertz CT molecular complexity index is 1230. The summed E-state index contributed by atoms with van der Waals surface area (Å²) in [6.45, 7) is 0.190. The molecule has 0 spiro atoms. The molecule has 0 aromatic heterocycles. The van der Waals surface area contributed by atoms with Crippen LogP contribution in [0, 0.1) is 10.1 Å². The van der Waals surface area contributed by atoms with E-state index in [1.54, 1.807) is 66.7 Å². The Balaban J connectivity index is 1.53. The summed E-state index contributed by atoms with van der Waals surface area (Å²) in [5, 5.41) is 10.9. The quantitative estimate of drug-likeness (QED) is 0.249. The summed E-state index contributed by atoms with van der Waals surface area (Å²) in [7, 11) is 0. The molecule has 0 radical (unpaired) electrons. The molecule has 3 aromatic rings. The van der Waals surface area contributed by atoms with Crippen molar-refractivity contribution in [1.82, 2.24) is 0 Å². The van der Waals surface area contributed by atoms with E-state index in [9.17, 15) is 19.7 Å². The number of anilines is 1. The van der Waals surface area contributed by atoms with Crippen LogP contribution in [0.5, 0.6) is 5.75 Å². The average Bonchev–Trinajstić information content (AvgIpc) is 3.07. The van der Waals surface area contributed by atoms with E-state index in [2.05, 4.69) is 0 Å². The predicted molar refractivity (Wildman–Crippen MR) is 124 cm³/mol. The third-order valence-corrected chi connectivity index (χ3v) is 5.75. The van der Waals surface area contributed by atoms with Gasteiger partial charge in [-0.05, 0) is 65.9 Å². The molecule has 1 heterocycles. The van der Waals surface area contributed by atoms with Gasteiger partial charge < -0.3 is 4.74 Å². The molecule has 1 aliphatic heterocycles. The predicted octanol–water partition coefficient (Wildman–Crippen LogP) is 6.07. The first-order chi connectivity index (χ1) is 15.4. The number of non-ortho nitro benzene ring substituents is 1. The molecule has 0 saturated carbocycles. The van der Waals surface area contributed by atoms with E-state index in [0.29, 0.717) is 22.0 Å². The summed E-state index contributed by atoms with van der Waals surface area (Å²) in [5.74, 6) is 0.0941. The van der Waals surface area contributed by atoms with Crippen molar-refractivity contribution in [1.29, 1.82) is 0 Å². The lowest BCUT2D eigenvalue weighted by atomic mass is 10.1. The van der Waals surface area contributed by atoms with Crippen LogP contribution in [-0.4, -0.2) is 16.1 Å². The normalized spacial score (nSPS) is 14.8. The molecule has 4 rings (SSSR count). The van der Waals surface area contributed by atoms with Crippen LogP contribution in [0.2, 0.25) is 5.02 Å². The average molecular weight is 467 g/mol. The van der Waals surface area contributed by atoms with Crippen molar-refractivity contribution in [2.24, 2.45) is 0 Å². The van der Waals surface area contributed by atoms with Gasteiger partial charge in [-0.3, -0.25) is 19.7 Å². The standard InChI is InChI=1S/C23H15ClN2O5S/c24-17-7-11-18(12-8-17)25-22(27)21(32-23(25)28)13-16-3-1-2-4-20(16)31-14-15-5-9-19(10-6-15)26(29)30/h1-13H,14H2/b21-13-. The molecular weight excluding hydrogens is 452 g/mol. The Morgan fingerprint density at radius 2 is 1.69 bits per heavy atom. The fraction of sp³-hybridized carbons (Fsp3) is 0.0435. The molecule has 0 N–H and O–H groups in total. The van der Waals surface area contributed by atoms with Gasteiger partial charge in [-0.25, -0.2) is 4.90 Å². The zero-order valence-corrected chi connectivity index (χ0v) is 18.0. The summed E-state index contributed by atoms with van der Waals surface area (Å²) in [6.07, 6.45) is 1.62. The fourth-order valence-electron chi connectivity index (χ4n) is 3.03. The highest BCUT2D eigenvalue weighted by molar-refractivity contribution is 8.19. The number of thioether (sulfide) groups is 1. The van der Waals surface area contributed by atoms with Crippen LogP contribution in [0.15, 0.2) is 77.7 Å². The minimum atomic E-state index is -0.461. The fourth-order valence-corrected chi connectivity index (χ4v) is 3.99. The zero-order chi connectivity index (χ0) is 22.7. The van der Waals surface area contributed by atoms with Crippen LogP contribution in [-0.2, 0) is 11.4 Å². The van der Waals surface area contributed by atoms with Crippen molar-refractivity contribution in [3.63, 3.8) is 0 Å². The highest BCUT2D eigenvalue weighted by atomic mass is 35.5. The van der Waals surface area contributed by atoms with Gasteiger partial charge in [-0.15, -0.1) is 0 Å². The molecule has 1 fully saturated rings. The van der Waals surface area contributed by atoms with Crippen molar-refractivity contribution in [2.45, 2.75) is 6.61 Å². The molecule has 3 aromatic carbocycles. The van der Waals surface area contributed by atoms with Crippen molar-refractivity contribution >= 4 is 52.0 Å². The third kappa shape index (κ3) is 4.66. The molecule has 7 nitrogen and oxygen atoms in total. The van der Waals surface area contributed by atoms with E-state index in [1.165, 1.54) is 12.1 Å². The summed E-state index contributed by atoms with van der Waals surface area (Å²) >= 11 is 6.74. The molecule has 32 heavy (non-hydrogen) atoms. The lowest BCUT2D eigenvalue weighted by molar-refractivity contribution is -0.384. The number of hydrogen-bond acceptors (Lipinski definition) is 6. The highest BCUT2D eigenvalue weighted by Gasteiger charge is 2.36. The van der Waals surface area contributed by atoms with E-state index in [1.807, 2.05) is 0 Å². The minimum Gasteiger partial charge on any atom is -0.488 e. The molecule has 160 valence electrons. The van der Waals surface area contributed by atoms with Gasteiger partial charge in [0.05, 0.1) is 15.5 Å². The minimum absolute atomic E-state index is 0.00515. The van der Waals surface area contributed by atoms with Gasteiger partial charge in [-0.2, -0.15) is 0 Å². The number of carbonyl (C=O) groups excluding carboxylic acids is 2. The Labute approximate surface area is 192 Å². The second kappa shape index (κ2) is 9.25. The molecule has 1 aliphatic rings. The number of carbonyl (C=O) groups is 2. The van der Waals surface area contributed by atoms with Gasteiger partial charge in [0.25, 0.3) is 16.8 Å². The molecular formula is C23H15ClN2O5S. The van der Waals surface area contributed by atoms with Crippen LogP contribution < -0.4 is 9.64 Å². The topological polar surface area (TPSA) is 89.7 Å². The van der Waals surface area contributed by atoms with Gasteiger partial charge >= 0.3 is 0 Å². The first kappa shape index (κ1) is 21.6. The van der Waals surface area contributed by atoms with Crippen LogP contribution in [0.25, 0.3) is 6.08 Å². The van der Waals surface area contributed by atoms with Crippen molar-refractivity contribution in [3.05, 3.63) is 104 Å². The number of ether oxygens (including phenoxy) is 1. The monoisotopic (exact) mass is 466 g/mol. The smallest absolute Gasteiger partial charge is 0.298 e. The number of nitro benzene ring substituents is 1. The van der Waals surface area contributed by atoms with Crippen molar-refractivity contribution < 1.29 is 19.2 Å². The zero-order valence-electron chi connectivity index (χ0n) is 16.4. The van der Waals surface area contributed by atoms with Gasteiger partial charge in [0.1, 0.15) is 12.4 Å².